The smallest absolute Gasteiger partial charge is 0.317 e. The van der Waals surface area contributed by atoms with E-state index < -0.39 is 174 Å². The summed E-state index contributed by atoms with van der Waals surface area (Å²) in [5, 5.41) is 140. The Labute approximate surface area is 335 Å². The Hall–Kier alpha value is -4.23. The molecule has 0 aromatic rings. The van der Waals surface area contributed by atoms with Crippen LogP contribution in [-0.2, 0) is 33.6 Å². The maximum Gasteiger partial charge on any atom is 0.317 e. The van der Waals surface area contributed by atoms with Crippen LogP contribution in [-0.4, -0.2) is 279 Å². The summed E-state index contributed by atoms with van der Waals surface area (Å²) < 4.78 is 0. The van der Waals surface area contributed by atoms with Gasteiger partial charge in [0.25, 0.3) is 11.8 Å². The zero-order chi connectivity index (χ0) is 45.2. The van der Waals surface area contributed by atoms with Crippen LogP contribution in [0.2, 0.25) is 0 Å². The van der Waals surface area contributed by atoms with Crippen LogP contribution in [0.15, 0.2) is 0 Å². The third-order valence-corrected chi connectivity index (χ3v) is 9.37. The fraction of sp³-hybridized carbons (Fsp3) is 0.781. The molecule has 1 aliphatic rings. The van der Waals surface area contributed by atoms with Crippen LogP contribution in [0.1, 0.15) is 12.8 Å². The Balaban J connectivity index is 3.49. The molecule has 0 bridgehead atoms. The fourth-order valence-corrected chi connectivity index (χ4v) is 6.26. The van der Waals surface area contributed by atoms with Crippen LogP contribution < -0.4 is 10.6 Å². The Kier molecular flexibility index (Phi) is 22.7. The topological polar surface area (TPSA) is 440 Å². The summed E-state index contributed by atoms with van der Waals surface area (Å²) in [5.74, 6) is -9.17. The molecular weight excluding hydrogens is 804 g/mol. The summed E-state index contributed by atoms with van der Waals surface area (Å²) in [4.78, 5) is 91.1. The highest BCUT2D eigenvalue weighted by Gasteiger charge is 2.44. The summed E-state index contributed by atoms with van der Waals surface area (Å²) in [6, 6.07) is 0. The van der Waals surface area contributed by atoms with Crippen molar-refractivity contribution >= 4 is 41.6 Å². The van der Waals surface area contributed by atoms with Gasteiger partial charge in [0, 0.05) is 64.3 Å². The molecule has 0 aromatic heterocycles. The molecule has 1 rings (SSSR count). The zero-order valence-corrected chi connectivity index (χ0v) is 31.8. The van der Waals surface area contributed by atoms with Crippen molar-refractivity contribution in [3.8, 4) is 0 Å². The Morgan fingerprint density at radius 1 is 0.576 bits per heavy atom. The first-order valence-corrected chi connectivity index (χ1v) is 18.1. The molecule has 3 amide bonds. The number of amides is 3. The number of carboxylic acids is 4. The molecule has 1 fully saturated rings. The highest BCUT2D eigenvalue weighted by molar-refractivity contribution is 5.82. The van der Waals surface area contributed by atoms with Crippen LogP contribution >= 0.6 is 0 Å². The van der Waals surface area contributed by atoms with Gasteiger partial charge >= 0.3 is 23.9 Å². The summed E-state index contributed by atoms with van der Waals surface area (Å²) >= 11 is 0. The second-order valence-electron chi connectivity index (χ2n) is 13.9. The van der Waals surface area contributed by atoms with Gasteiger partial charge in [0.2, 0.25) is 5.91 Å². The number of aliphatic hydroxyl groups is 10. The van der Waals surface area contributed by atoms with E-state index in [1.165, 1.54) is 9.80 Å². The lowest BCUT2D eigenvalue weighted by atomic mass is 9.88. The molecule has 1 aliphatic heterocycles. The summed E-state index contributed by atoms with van der Waals surface area (Å²) in [6.07, 6.45) is -18.6. The monoisotopic (exact) mass is 860 g/mol. The van der Waals surface area contributed by atoms with Gasteiger partial charge in [0.15, 0.2) is 12.2 Å². The molecule has 16 N–H and O–H groups in total. The van der Waals surface area contributed by atoms with Gasteiger partial charge in [0.05, 0.1) is 39.4 Å². The van der Waals surface area contributed by atoms with Crippen molar-refractivity contribution in [3.05, 3.63) is 0 Å². The minimum atomic E-state index is -2.37. The van der Waals surface area contributed by atoms with Gasteiger partial charge < -0.3 is 87.0 Å². The van der Waals surface area contributed by atoms with Crippen LogP contribution in [0, 0.1) is 0 Å². The van der Waals surface area contributed by atoms with Crippen molar-refractivity contribution in [1.82, 2.24) is 30.2 Å². The number of carboxylic acid groups (broad SMARTS) is 4. The molecule has 0 spiro atoms. The third kappa shape index (κ3) is 17.5. The van der Waals surface area contributed by atoms with E-state index in [0.717, 1.165) is 9.80 Å². The molecule has 27 heteroatoms. The van der Waals surface area contributed by atoms with E-state index in [0.29, 0.717) is 0 Å². The number of aliphatic hydroxyl groups excluding tert-OH is 10. The number of nitrogens with one attached hydrogen (secondary N) is 2. The van der Waals surface area contributed by atoms with E-state index in [-0.39, 0.29) is 26.2 Å². The number of hydrogen-bond donors (Lipinski definition) is 16. The van der Waals surface area contributed by atoms with Gasteiger partial charge in [-0.3, -0.25) is 48.3 Å². The predicted octanol–water partition coefficient (Wildman–Crippen LogP) is -10.3. The van der Waals surface area contributed by atoms with E-state index in [2.05, 4.69) is 10.6 Å². The van der Waals surface area contributed by atoms with Gasteiger partial charge in [-0.2, -0.15) is 0 Å². The Morgan fingerprint density at radius 3 is 1.27 bits per heavy atom. The average molecular weight is 861 g/mol. The van der Waals surface area contributed by atoms with Gasteiger partial charge in [-0.15, -0.1) is 0 Å². The number of aliphatic carboxylic acids is 4. The number of hydrogen-bond acceptors (Lipinski definition) is 20. The second kappa shape index (κ2) is 25.4. The van der Waals surface area contributed by atoms with Gasteiger partial charge in [-0.1, -0.05) is 0 Å². The van der Waals surface area contributed by atoms with Gasteiger partial charge in [-0.05, 0) is 6.42 Å². The van der Waals surface area contributed by atoms with Crippen LogP contribution in [0.3, 0.4) is 0 Å². The van der Waals surface area contributed by atoms with E-state index >= 15 is 0 Å². The van der Waals surface area contributed by atoms with E-state index in [1.807, 2.05) is 0 Å². The van der Waals surface area contributed by atoms with Gasteiger partial charge in [-0.25, -0.2) is 0 Å². The van der Waals surface area contributed by atoms with E-state index in [9.17, 15) is 94.8 Å². The van der Waals surface area contributed by atoms with Crippen molar-refractivity contribution in [1.29, 1.82) is 0 Å². The number of carbonyl (C=O) groups is 7. The second-order valence-corrected chi connectivity index (χ2v) is 13.9. The van der Waals surface area contributed by atoms with Crippen LogP contribution in [0.5, 0.6) is 0 Å². The SMILES string of the molecule is O=C(O)CN1CCN(CC(=O)O)CC(CCC(=O)N(CCNC(=O)C(O)C(O)C(O)C(O)CO)CCNC(=O)C(O)C(O)C(O)C(O)CO)(N(CC(=O)O)CC(=O)O)C1. The highest BCUT2D eigenvalue weighted by atomic mass is 16.4. The summed E-state index contributed by atoms with van der Waals surface area (Å²) in [7, 11) is 0. The molecule has 0 saturated carbocycles. The normalized spacial score (nSPS) is 18.9. The molecule has 340 valence electrons. The molecular formula is C32H56N6O21. The molecule has 1 saturated heterocycles. The molecule has 27 nitrogen and oxygen atoms in total. The first kappa shape index (κ1) is 52.8. The molecule has 1 heterocycles. The minimum absolute atomic E-state index is 0.0537. The van der Waals surface area contributed by atoms with Crippen molar-refractivity contribution in [3.63, 3.8) is 0 Å². The lowest BCUT2D eigenvalue weighted by Crippen LogP contribution is -2.62. The summed E-state index contributed by atoms with van der Waals surface area (Å²) in [5.41, 5.74) is -1.72. The lowest BCUT2D eigenvalue weighted by Gasteiger charge is -2.45. The van der Waals surface area contributed by atoms with E-state index in [1.54, 1.807) is 0 Å². The predicted molar refractivity (Wildman–Crippen MR) is 192 cm³/mol. The van der Waals surface area contributed by atoms with Crippen molar-refractivity contribution < 1.29 is 105 Å². The molecule has 8 atom stereocenters. The molecule has 0 aromatic carbocycles. The average Bonchev–Trinajstić information content (AvgIpc) is 3.34. The third-order valence-electron chi connectivity index (χ3n) is 9.37. The van der Waals surface area contributed by atoms with Crippen LogP contribution in [0.4, 0.5) is 0 Å². The molecule has 59 heavy (non-hydrogen) atoms. The maximum absolute atomic E-state index is 13.9. The number of nitrogens with zero attached hydrogens (tertiary/aromatic N) is 4. The lowest BCUT2D eigenvalue weighted by molar-refractivity contribution is -0.150. The zero-order valence-electron chi connectivity index (χ0n) is 31.8. The quantitative estimate of drug-likeness (QED) is 0.0347. The molecule has 0 aliphatic carbocycles. The minimum Gasteiger partial charge on any atom is -0.480 e. The van der Waals surface area contributed by atoms with Crippen molar-refractivity contribution in [2.45, 2.75) is 67.2 Å². The van der Waals surface area contributed by atoms with Crippen LogP contribution in [0.25, 0.3) is 0 Å². The van der Waals surface area contributed by atoms with Crippen molar-refractivity contribution in [2.75, 3.05) is 91.8 Å². The first-order valence-electron chi connectivity index (χ1n) is 18.1. The fourth-order valence-electron chi connectivity index (χ4n) is 6.26. The van der Waals surface area contributed by atoms with E-state index in [4.69, 9.17) is 10.2 Å². The van der Waals surface area contributed by atoms with Gasteiger partial charge in [0.1, 0.15) is 36.6 Å². The standard InChI is InChI=1S/C32H56N6O21/c39-13-17(41)24(52)26(54)28(56)30(58)33-3-5-37(6-4-34-31(59)29(57)27(55)25(53)18(42)14-40)19(43)1-2-32(38(11-22(48)49)12-23(50)51)15-35(9-20(44)45)7-8-36(16-32)10-21(46)47/h17-18,24-29,39-42,52-57H,1-16H2,(H,33,58)(H,34,59)(H,44,45)(H,46,47)(H,48,49)(H,50,51). The number of rotatable bonds is 28. The van der Waals surface area contributed by atoms with Crippen molar-refractivity contribution in [2.24, 2.45) is 0 Å². The Morgan fingerprint density at radius 2 is 0.949 bits per heavy atom. The molecule has 0 radical (unpaired) electrons. The first-order chi connectivity index (χ1) is 27.5. The maximum atomic E-state index is 13.9. The molecule has 8 unspecified atom stereocenters. The summed E-state index contributed by atoms with van der Waals surface area (Å²) in [6.45, 7) is -8.07. The largest absolute Gasteiger partial charge is 0.480 e. The highest BCUT2D eigenvalue weighted by Crippen LogP contribution is 2.28. The Bertz CT molecular complexity index is 1320. The number of carbonyl (C=O) groups excluding carboxylic acids is 3.